The van der Waals surface area contributed by atoms with E-state index in [1.54, 1.807) is 27.7 Å². The first-order valence-corrected chi connectivity index (χ1v) is 10.7. The summed E-state index contributed by atoms with van der Waals surface area (Å²) in [6.07, 6.45) is -0.0386. The number of ether oxygens (including phenoxy) is 1. The molecule has 1 aliphatic rings. The Hall–Kier alpha value is -3.67. The normalized spacial score (nSPS) is 16.6. The van der Waals surface area contributed by atoms with Crippen LogP contribution in [0.2, 0.25) is 0 Å². The molecule has 4 aromatic heterocycles. The number of likely N-dealkylation sites (tertiary alicyclic amines) is 1. The summed E-state index contributed by atoms with van der Waals surface area (Å²) in [5, 5.41) is 11.6. The van der Waals surface area contributed by atoms with Crippen LogP contribution in [-0.4, -0.2) is 60.5 Å². The summed E-state index contributed by atoms with van der Waals surface area (Å²) in [6.45, 7) is 3.15. The highest BCUT2D eigenvalue weighted by Crippen LogP contribution is 2.32. The number of alkyl halides is 3. The van der Waals surface area contributed by atoms with Crippen molar-refractivity contribution in [3.63, 3.8) is 0 Å². The molecule has 5 heterocycles. The van der Waals surface area contributed by atoms with Crippen molar-refractivity contribution in [2.24, 2.45) is 7.05 Å². The van der Waals surface area contributed by atoms with E-state index in [2.05, 4.69) is 37.4 Å². The van der Waals surface area contributed by atoms with E-state index in [9.17, 15) is 13.2 Å². The minimum Gasteiger partial charge on any atom is -0.488 e. The van der Waals surface area contributed by atoms with Gasteiger partial charge in [-0.2, -0.15) is 23.4 Å². The van der Waals surface area contributed by atoms with Crippen LogP contribution in [0.25, 0.3) is 16.8 Å². The molecule has 1 aliphatic heterocycles. The van der Waals surface area contributed by atoms with Gasteiger partial charge >= 0.3 is 6.18 Å². The number of aryl methyl sites for hydroxylation is 2. The molecule has 12 heteroatoms. The van der Waals surface area contributed by atoms with Crippen molar-refractivity contribution in [3.8, 4) is 17.0 Å². The van der Waals surface area contributed by atoms with E-state index in [-0.39, 0.29) is 11.5 Å². The van der Waals surface area contributed by atoms with E-state index in [1.165, 1.54) is 13.0 Å². The summed E-state index contributed by atoms with van der Waals surface area (Å²) in [5.74, 6) is -0.122. The Kier molecular flexibility index (Phi) is 5.39. The van der Waals surface area contributed by atoms with Crippen LogP contribution >= 0.6 is 0 Å². The minimum absolute atomic E-state index is 0.0201. The number of hydrogen-bond acceptors (Lipinski definition) is 7. The van der Waals surface area contributed by atoms with Crippen LogP contribution in [0, 0.1) is 6.92 Å². The first-order valence-electron chi connectivity index (χ1n) is 10.7. The molecule has 1 saturated heterocycles. The molecule has 0 bridgehead atoms. The lowest BCUT2D eigenvalue weighted by atomic mass is 10.1. The van der Waals surface area contributed by atoms with E-state index in [1.807, 2.05) is 19.2 Å². The molecule has 0 radical (unpaired) electrons. The third-order valence-electron chi connectivity index (χ3n) is 5.88. The molecule has 5 rings (SSSR count). The molecule has 0 amide bonds. The molecule has 1 N–H and O–H groups in total. The summed E-state index contributed by atoms with van der Waals surface area (Å²) >= 11 is 0. The Morgan fingerprint density at radius 2 is 1.97 bits per heavy atom. The zero-order chi connectivity index (χ0) is 24.0. The highest BCUT2D eigenvalue weighted by molar-refractivity contribution is 5.72. The largest absolute Gasteiger partial charge is 0.488 e. The second kappa shape index (κ2) is 8.28. The van der Waals surface area contributed by atoms with Crippen molar-refractivity contribution < 1.29 is 17.9 Å². The van der Waals surface area contributed by atoms with Gasteiger partial charge in [0.25, 0.3) is 0 Å². The molecular weight excluding hydrogens is 449 g/mol. The van der Waals surface area contributed by atoms with Gasteiger partial charge in [-0.25, -0.2) is 14.5 Å². The third kappa shape index (κ3) is 4.28. The lowest BCUT2D eigenvalue weighted by molar-refractivity contribution is -0.145. The number of likely N-dealkylation sites (N-methyl/N-ethyl adjacent to an activating group) is 1. The van der Waals surface area contributed by atoms with Gasteiger partial charge < -0.3 is 10.1 Å². The summed E-state index contributed by atoms with van der Waals surface area (Å²) in [7, 11) is 3.93. The maximum atomic E-state index is 13.0. The summed E-state index contributed by atoms with van der Waals surface area (Å²) in [6, 6.07) is 7.38. The fraction of sp³-hybridized carbons (Fsp3) is 0.364. The van der Waals surface area contributed by atoms with Gasteiger partial charge in [0.05, 0.1) is 11.7 Å². The Labute approximate surface area is 193 Å². The Morgan fingerprint density at radius 3 is 2.68 bits per heavy atom. The van der Waals surface area contributed by atoms with E-state index in [0.29, 0.717) is 24.2 Å². The van der Waals surface area contributed by atoms with Gasteiger partial charge in [-0.05, 0) is 39.1 Å². The molecule has 1 atom stereocenters. The average Bonchev–Trinajstić information content (AvgIpc) is 3.33. The summed E-state index contributed by atoms with van der Waals surface area (Å²) < 4.78 is 48.6. The molecule has 0 aromatic carbocycles. The number of nitrogens with one attached hydrogen (secondary N) is 1. The second-order valence-corrected chi connectivity index (χ2v) is 8.37. The van der Waals surface area contributed by atoms with Crippen LogP contribution in [0.1, 0.15) is 17.9 Å². The molecule has 9 nitrogen and oxygen atoms in total. The van der Waals surface area contributed by atoms with E-state index in [0.717, 1.165) is 29.7 Å². The molecule has 4 aromatic rings. The van der Waals surface area contributed by atoms with Gasteiger partial charge in [0.2, 0.25) is 5.82 Å². The Morgan fingerprint density at radius 1 is 1.15 bits per heavy atom. The number of fused-ring (bicyclic) bond motifs is 1. The van der Waals surface area contributed by atoms with Gasteiger partial charge in [0.1, 0.15) is 18.1 Å². The van der Waals surface area contributed by atoms with Crippen molar-refractivity contribution in [1.82, 2.24) is 34.3 Å². The van der Waals surface area contributed by atoms with Gasteiger partial charge in [0, 0.05) is 42.7 Å². The van der Waals surface area contributed by atoms with Crippen molar-refractivity contribution in [2.45, 2.75) is 25.6 Å². The smallest absolute Gasteiger partial charge is 0.451 e. The molecule has 0 spiro atoms. The monoisotopic (exact) mass is 472 g/mol. The van der Waals surface area contributed by atoms with Crippen molar-refractivity contribution in [1.29, 1.82) is 0 Å². The lowest BCUT2D eigenvalue weighted by Gasteiger charge is -2.37. The Balaban J connectivity index is 1.40. The van der Waals surface area contributed by atoms with Crippen molar-refractivity contribution in [3.05, 3.63) is 48.2 Å². The quantitative estimate of drug-likeness (QED) is 0.458. The summed E-state index contributed by atoms with van der Waals surface area (Å²) in [5.41, 5.74) is 2.66. The fourth-order valence-electron chi connectivity index (χ4n) is 3.91. The molecule has 178 valence electrons. The zero-order valence-electron chi connectivity index (χ0n) is 18.8. The number of hydrogen-bond donors (Lipinski definition) is 1. The van der Waals surface area contributed by atoms with Crippen LogP contribution in [0.15, 0.2) is 36.7 Å². The maximum absolute atomic E-state index is 13.0. The predicted octanol–water partition coefficient (Wildman–Crippen LogP) is 3.68. The van der Waals surface area contributed by atoms with Gasteiger partial charge in [-0.1, -0.05) is 0 Å². The maximum Gasteiger partial charge on any atom is 0.451 e. The van der Waals surface area contributed by atoms with Gasteiger partial charge in [0.15, 0.2) is 11.6 Å². The summed E-state index contributed by atoms with van der Waals surface area (Å²) in [4.78, 5) is 9.29. The number of nitrogens with zero attached hydrogens (tertiary/aromatic N) is 7. The standard InChI is InChI=1S/C22H23F3N8O/c1-13-8-18(29-21(27-13)22(23,24)25)28-19-10-16-9-14(4-7-33(16)30-19)20-17(11-26-32(20)3)34-12-15-5-6-31(15)2/h4,7-11,15H,5-6,12H2,1-3H3,(H,27,28,29,30)/t15-/m0/s1. The average molecular weight is 472 g/mol. The van der Waals surface area contributed by atoms with Crippen LogP contribution in [-0.2, 0) is 13.2 Å². The van der Waals surface area contributed by atoms with Gasteiger partial charge in [-0.3, -0.25) is 9.58 Å². The minimum atomic E-state index is -4.63. The van der Waals surface area contributed by atoms with E-state index in [4.69, 9.17) is 4.74 Å². The van der Waals surface area contributed by atoms with Crippen molar-refractivity contribution >= 4 is 17.2 Å². The number of rotatable bonds is 6. The molecule has 0 aliphatic carbocycles. The zero-order valence-corrected chi connectivity index (χ0v) is 18.8. The first-order chi connectivity index (χ1) is 16.2. The number of pyridine rings is 1. The van der Waals surface area contributed by atoms with Crippen LogP contribution in [0.4, 0.5) is 24.8 Å². The Bertz CT molecular complexity index is 1350. The molecule has 0 unspecified atom stereocenters. The third-order valence-corrected chi connectivity index (χ3v) is 5.88. The first kappa shape index (κ1) is 22.1. The predicted molar refractivity (Wildman–Crippen MR) is 119 cm³/mol. The molecular formula is C22H23F3N8O. The fourth-order valence-corrected chi connectivity index (χ4v) is 3.91. The highest BCUT2D eigenvalue weighted by Gasteiger charge is 2.35. The lowest BCUT2D eigenvalue weighted by Crippen LogP contribution is -2.48. The molecule has 0 saturated carbocycles. The van der Waals surface area contributed by atoms with Crippen LogP contribution in [0.5, 0.6) is 5.75 Å². The van der Waals surface area contributed by atoms with E-state index >= 15 is 0 Å². The SMILES string of the molecule is Cc1cc(Nc2cc3cc(-c4c(OC[C@@H]5CCN5C)cnn4C)ccn3n2)nc(C(F)(F)F)n1. The number of halogens is 3. The van der Waals surface area contributed by atoms with Crippen LogP contribution < -0.4 is 10.1 Å². The van der Waals surface area contributed by atoms with E-state index < -0.39 is 12.0 Å². The van der Waals surface area contributed by atoms with Crippen LogP contribution in [0.3, 0.4) is 0 Å². The molecule has 1 fully saturated rings. The number of aromatic nitrogens is 6. The highest BCUT2D eigenvalue weighted by atomic mass is 19.4. The number of anilines is 2. The topological polar surface area (TPSA) is 85.4 Å². The van der Waals surface area contributed by atoms with Gasteiger partial charge in [-0.15, -0.1) is 0 Å². The molecule has 34 heavy (non-hydrogen) atoms. The second-order valence-electron chi connectivity index (χ2n) is 8.37. The van der Waals surface area contributed by atoms with Crippen molar-refractivity contribution in [2.75, 3.05) is 25.5 Å².